The van der Waals surface area contributed by atoms with Gasteiger partial charge in [-0.15, -0.1) is 0 Å². The number of carbonyl (C=O) groups is 2. The van der Waals surface area contributed by atoms with E-state index in [4.69, 9.17) is 9.47 Å². The highest BCUT2D eigenvalue weighted by Gasteiger charge is 2.03. The molecule has 0 aromatic heterocycles. The zero-order valence-electron chi connectivity index (χ0n) is 9.93. The van der Waals surface area contributed by atoms with E-state index in [9.17, 15) is 9.59 Å². The Labute approximate surface area is 95.9 Å². The Bertz CT molecular complexity index is 279. The van der Waals surface area contributed by atoms with Gasteiger partial charge in [0.05, 0.1) is 0 Å². The third-order valence-corrected chi connectivity index (χ3v) is 1.68. The summed E-state index contributed by atoms with van der Waals surface area (Å²) in [5.74, 6) is -0.597. The van der Waals surface area contributed by atoms with Gasteiger partial charge in [-0.2, -0.15) is 0 Å². The summed E-state index contributed by atoms with van der Waals surface area (Å²) < 4.78 is 9.69. The number of rotatable bonds is 6. The van der Waals surface area contributed by atoms with Crippen molar-refractivity contribution in [3.8, 4) is 0 Å². The van der Waals surface area contributed by atoms with Crippen LogP contribution in [0.25, 0.3) is 0 Å². The van der Waals surface area contributed by atoms with Gasteiger partial charge in [0.2, 0.25) is 0 Å². The van der Waals surface area contributed by atoms with Crippen LogP contribution in [0, 0.1) is 0 Å². The summed E-state index contributed by atoms with van der Waals surface area (Å²) in [6.45, 7) is 4.93. The highest BCUT2D eigenvalue weighted by Crippen LogP contribution is 2.00. The van der Waals surface area contributed by atoms with E-state index < -0.39 is 0 Å². The molecule has 0 spiro atoms. The van der Waals surface area contributed by atoms with Crippen molar-refractivity contribution in [1.82, 2.24) is 0 Å². The molecule has 0 aliphatic heterocycles. The molecule has 0 aromatic rings. The summed E-state index contributed by atoms with van der Waals surface area (Å²) in [6.07, 6.45) is 7.53. The number of esters is 2. The van der Waals surface area contributed by atoms with Crippen molar-refractivity contribution in [2.45, 2.75) is 33.3 Å². The molecule has 1 atom stereocenters. The minimum atomic E-state index is -0.306. The number of ether oxygens (including phenoxy) is 2. The van der Waals surface area contributed by atoms with Crippen LogP contribution in [-0.2, 0) is 19.1 Å². The van der Waals surface area contributed by atoms with Gasteiger partial charge in [0.1, 0.15) is 12.7 Å². The van der Waals surface area contributed by atoms with E-state index in [1.807, 2.05) is 6.92 Å². The molecule has 0 heterocycles. The Hall–Kier alpha value is -1.58. The van der Waals surface area contributed by atoms with Gasteiger partial charge in [0, 0.05) is 13.8 Å². The first-order chi connectivity index (χ1) is 7.56. The van der Waals surface area contributed by atoms with Gasteiger partial charge in [-0.25, -0.2) is 0 Å². The highest BCUT2D eigenvalue weighted by atomic mass is 16.5. The lowest BCUT2D eigenvalue weighted by molar-refractivity contribution is -0.144. The van der Waals surface area contributed by atoms with E-state index in [1.165, 1.54) is 13.8 Å². The van der Waals surface area contributed by atoms with Crippen LogP contribution in [0.4, 0.5) is 0 Å². The first-order valence-corrected chi connectivity index (χ1v) is 5.20. The molecule has 90 valence electrons. The Morgan fingerprint density at radius 2 is 1.88 bits per heavy atom. The second-order valence-electron chi connectivity index (χ2n) is 3.17. The van der Waals surface area contributed by atoms with E-state index >= 15 is 0 Å². The maximum Gasteiger partial charge on any atom is 0.303 e. The molecule has 0 rings (SSSR count). The average Bonchev–Trinajstić information content (AvgIpc) is 2.20. The lowest BCUT2D eigenvalue weighted by Gasteiger charge is -2.09. The van der Waals surface area contributed by atoms with Crippen molar-refractivity contribution in [2.75, 3.05) is 6.61 Å². The SMILES string of the molecule is CCC(C=CC=CCOC(C)=O)OC(C)=O. The monoisotopic (exact) mass is 226 g/mol. The van der Waals surface area contributed by atoms with Crippen LogP contribution in [0.3, 0.4) is 0 Å². The van der Waals surface area contributed by atoms with Gasteiger partial charge in [-0.3, -0.25) is 9.59 Å². The first-order valence-electron chi connectivity index (χ1n) is 5.20. The quantitative estimate of drug-likeness (QED) is 0.513. The molecule has 0 radical (unpaired) electrons. The van der Waals surface area contributed by atoms with Gasteiger partial charge < -0.3 is 9.47 Å². The molecule has 0 saturated carbocycles. The van der Waals surface area contributed by atoms with Gasteiger partial charge in [-0.05, 0) is 18.6 Å². The molecule has 0 fully saturated rings. The van der Waals surface area contributed by atoms with Crippen LogP contribution < -0.4 is 0 Å². The van der Waals surface area contributed by atoms with Crippen LogP contribution in [0.5, 0.6) is 0 Å². The van der Waals surface area contributed by atoms with E-state index in [0.29, 0.717) is 0 Å². The van der Waals surface area contributed by atoms with E-state index in [-0.39, 0.29) is 24.6 Å². The third-order valence-electron chi connectivity index (χ3n) is 1.68. The zero-order valence-corrected chi connectivity index (χ0v) is 9.93. The molecule has 0 N–H and O–H groups in total. The fourth-order valence-corrected chi connectivity index (χ4v) is 0.960. The molecule has 1 unspecified atom stereocenters. The maximum absolute atomic E-state index is 10.7. The van der Waals surface area contributed by atoms with Crippen molar-refractivity contribution >= 4 is 11.9 Å². The smallest absolute Gasteiger partial charge is 0.303 e. The molecule has 0 saturated heterocycles. The van der Waals surface area contributed by atoms with E-state index in [0.717, 1.165) is 6.42 Å². The van der Waals surface area contributed by atoms with Gasteiger partial charge in [0.25, 0.3) is 0 Å². The molecular weight excluding hydrogens is 208 g/mol. The van der Waals surface area contributed by atoms with E-state index in [1.54, 1.807) is 24.3 Å². The molecule has 0 aromatic carbocycles. The third kappa shape index (κ3) is 8.99. The number of allylic oxidation sites excluding steroid dienone is 2. The largest absolute Gasteiger partial charge is 0.462 e. The predicted molar refractivity (Wildman–Crippen MR) is 60.8 cm³/mol. The van der Waals surface area contributed by atoms with Crippen molar-refractivity contribution in [1.29, 1.82) is 0 Å². The van der Waals surface area contributed by atoms with Crippen LogP contribution in [0.1, 0.15) is 27.2 Å². The molecule has 4 heteroatoms. The molecule has 0 bridgehead atoms. The topological polar surface area (TPSA) is 52.6 Å². The van der Waals surface area contributed by atoms with Crippen LogP contribution in [0.15, 0.2) is 24.3 Å². The van der Waals surface area contributed by atoms with E-state index in [2.05, 4.69) is 0 Å². The summed E-state index contributed by atoms with van der Waals surface area (Å²) in [5.41, 5.74) is 0. The minimum absolute atomic E-state index is 0.198. The lowest BCUT2D eigenvalue weighted by Crippen LogP contribution is -2.11. The molecule has 16 heavy (non-hydrogen) atoms. The molecule has 4 nitrogen and oxygen atoms in total. The first kappa shape index (κ1) is 14.4. The lowest BCUT2D eigenvalue weighted by atomic mass is 10.2. The van der Waals surface area contributed by atoms with Gasteiger partial charge in [0.15, 0.2) is 0 Å². The molecular formula is C12H18O4. The Morgan fingerprint density at radius 3 is 2.38 bits per heavy atom. The second-order valence-corrected chi connectivity index (χ2v) is 3.17. The fraction of sp³-hybridized carbons (Fsp3) is 0.500. The predicted octanol–water partition coefficient (Wildman–Crippen LogP) is 2.00. The second kappa shape index (κ2) is 8.71. The van der Waals surface area contributed by atoms with Crippen LogP contribution in [0.2, 0.25) is 0 Å². The minimum Gasteiger partial charge on any atom is -0.462 e. The molecule has 0 aliphatic rings. The highest BCUT2D eigenvalue weighted by molar-refractivity contribution is 5.66. The van der Waals surface area contributed by atoms with Gasteiger partial charge >= 0.3 is 11.9 Å². The van der Waals surface area contributed by atoms with Crippen molar-refractivity contribution in [2.24, 2.45) is 0 Å². The summed E-state index contributed by atoms with van der Waals surface area (Å²) in [7, 11) is 0. The summed E-state index contributed by atoms with van der Waals surface area (Å²) in [6, 6.07) is 0. The normalized spacial score (nSPS) is 12.9. The number of hydrogen-bond donors (Lipinski definition) is 0. The van der Waals surface area contributed by atoms with Crippen LogP contribution >= 0.6 is 0 Å². The Morgan fingerprint density at radius 1 is 1.19 bits per heavy atom. The number of carbonyl (C=O) groups excluding carboxylic acids is 2. The summed E-state index contributed by atoms with van der Waals surface area (Å²) in [5, 5.41) is 0. The standard InChI is InChI=1S/C12H18O4/c1-4-12(16-11(3)14)8-6-5-7-9-15-10(2)13/h5-8,12H,4,9H2,1-3H3. The Kier molecular flexibility index (Phi) is 7.85. The zero-order chi connectivity index (χ0) is 12.4. The van der Waals surface area contributed by atoms with Crippen molar-refractivity contribution < 1.29 is 19.1 Å². The van der Waals surface area contributed by atoms with Crippen molar-refractivity contribution in [3.05, 3.63) is 24.3 Å². The average molecular weight is 226 g/mol. The van der Waals surface area contributed by atoms with Crippen LogP contribution in [-0.4, -0.2) is 24.6 Å². The van der Waals surface area contributed by atoms with Crippen molar-refractivity contribution in [3.63, 3.8) is 0 Å². The molecule has 0 aliphatic carbocycles. The molecule has 0 amide bonds. The summed E-state index contributed by atoms with van der Waals surface area (Å²) in [4.78, 5) is 21.1. The fourth-order valence-electron chi connectivity index (χ4n) is 0.960. The summed E-state index contributed by atoms with van der Waals surface area (Å²) >= 11 is 0. The van der Waals surface area contributed by atoms with Gasteiger partial charge in [-0.1, -0.05) is 19.1 Å². The number of hydrogen-bond acceptors (Lipinski definition) is 4. The maximum atomic E-state index is 10.7. The Balaban J connectivity index is 3.87.